The van der Waals surface area contributed by atoms with Crippen LogP contribution in [-0.2, 0) is 6.54 Å². The van der Waals surface area contributed by atoms with Crippen molar-refractivity contribution in [3.8, 4) is 0 Å². The maximum atomic E-state index is 12.4. The van der Waals surface area contributed by atoms with Crippen LogP contribution in [0.5, 0.6) is 0 Å². The molecule has 0 spiro atoms. The predicted octanol–water partition coefficient (Wildman–Crippen LogP) is 4.54. The van der Waals surface area contributed by atoms with Crippen LogP contribution in [0.2, 0.25) is 0 Å². The van der Waals surface area contributed by atoms with Crippen LogP contribution in [0, 0.1) is 0 Å². The molecule has 1 amide bonds. The lowest BCUT2D eigenvalue weighted by Crippen LogP contribution is -2.26. The van der Waals surface area contributed by atoms with Crippen molar-refractivity contribution >= 4 is 21.8 Å². The molecule has 1 unspecified atom stereocenters. The van der Waals surface area contributed by atoms with Crippen LogP contribution >= 0.6 is 15.9 Å². The molecule has 0 aromatic heterocycles. The number of nitrogens with zero attached hydrogens (tertiary/aromatic N) is 1. The molecule has 0 radical (unpaired) electrons. The van der Waals surface area contributed by atoms with E-state index in [9.17, 15) is 4.79 Å². The summed E-state index contributed by atoms with van der Waals surface area (Å²) < 4.78 is 1.04. The fourth-order valence-corrected chi connectivity index (χ4v) is 3.34. The van der Waals surface area contributed by atoms with Gasteiger partial charge in [-0.3, -0.25) is 9.69 Å². The first-order valence-electron chi connectivity index (χ1n) is 8.49. The van der Waals surface area contributed by atoms with Gasteiger partial charge < -0.3 is 5.32 Å². The summed E-state index contributed by atoms with van der Waals surface area (Å²) in [6, 6.07) is 16.0. The Kier molecular flexibility index (Phi) is 5.69. The molecule has 0 saturated carbocycles. The zero-order valence-corrected chi connectivity index (χ0v) is 15.6. The van der Waals surface area contributed by atoms with E-state index in [-0.39, 0.29) is 11.9 Å². The van der Waals surface area contributed by atoms with Crippen molar-refractivity contribution in [3.05, 3.63) is 69.7 Å². The van der Waals surface area contributed by atoms with Crippen molar-refractivity contribution < 1.29 is 4.79 Å². The monoisotopic (exact) mass is 386 g/mol. The Morgan fingerprint density at radius 2 is 1.71 bits per heavy atom. The molecule has 1 fully saturated rings. The van der Waals surface area contributed by atoms with Crippen LogP contribution in [0.1, 0.15) is 47.3 Å². The van der Waals surface area contributed by atoms with Crippen molar-refractivity contribution in [1.29, 1.82) is 0 Å². The van der Waals surface area contributed by atoms with Crippen LogP contribution < -0.4 is 5.32 Å². The average Bonchev–Trinajstić information content (AvgIpc) is 3.09. The second-order valence-corrected chi connectivity index (χ2v) is 7.34. The van der Waals surface area contributed by atoms with E-state index in [4.69, 9.17) is 0 Å². The largest absolute Gasteiger partial charge is 0.346 e. The summed E-state index contributed by atoms with van der Waals surface area (Å²) >= 11 is 3.43. The molecule has 2 aromatic carbocycles. The van der Waals surface area contributed by atoms with Gasteiger partial charge in [-0.15, -0.1) is 0 Å². The fourth-order valence-electron chi connectivity index (χ4n) is 3.08. The third-order valence-corrected chi connectivity index (χ3v) is 5.07. The third kappa shape index (κ3) is 4.46. The Morgan fingerprint density at radius 1 is 1.08 bits per heavy atom. The van der Waals surface area contributed by atoms with Gasteiger partial charge in [0, 0.05) is 16.6 Å². The molecule has 1 heterocycles. The minimum Gasteiger partial charge on any atom is -0.346 e. The molecule has 1 atom stereocenters. The Hall–Kier alpha value is -1.65. The van der Waals surface area contributed by atoms with Gasteiger partial charge in [0.1, 0.15) is 0 Å². The molecule has 126 valence electrons. The number of amides is 1. The van der Waals surface area contributed by atoms with Crippen molar-refractivity contribution in [2.75, 3.05) is 13.1 Å². The number of carbonyl (C=O) groups is 1. The summed E-state index contributed by atoms with van der Waals surface area (Å²) in [5.74, 6) is -0.0295. The average molecular weight is 387 g/mol. The maximum Gasteiger partial charge on any atom is 0.251 e. The van der Waals surface area contributed by atoms with Gasteiger partial charge in [0.25, 0.3) is 5.91 Å². The van der Waals surface area contributed by atoms with E-state index in [1.165, 1.54) is 31.5 Å². The topological polar surface area (TPSA) is 32.3 Å². The molecular weight excluding hydrogens is 364 g/mol. The Balaban J connectivity index is 1.59. The normalized spacial score (nSPS) is 16.1. The number of hydrogen-bond donors (Lipinski definition) is 1. The highest BCUT2D eigenvalue weighted by Gasteiger charge is 2.13. The van der Waals surface area contributed by atoms with Crippen molar-refractivity contribution in [1.82, 2.24) is 10.2 Å². The van der Waals surface area contributed by atoms with Crippen molar-refractivity contribution in [2.45, 2.75) is 32.4 Å². The second-order valence-electron chi connectivity index (χ2n) is 6.43. The zero-order valence-electron chi connectivity index (χ0n) is 14.0. The number of benzene rings is 2. The molecule has 1 N–H and O–H groups in total. The Bertz CT molecular complexity index is 676. The summed E-state index contributed by atoms with van der Waals surface area (Å²) in [5, 5.41) is 3.06. The molecule has 3 nitrogen and oxygen atoms in total. The molecule has 3 rings (SSSR count). The van der Waals surface area contributed by atoms with Crippen LogP contribution in [0.4, 0.5) is 0 Å². The Morgan fingerprint density at radius 3 is 2.33 bits per heavy atom. The molecule has 0 bridgehead atoms. The van der Waals surface area contributed by atoms with E-state index >= 15 is 0 Å². The van der Waals surface area contributed by atoms with E-state index in [2.05, 4.69) is 38.3 Å². The standard InChI is InChI=1S/C20H23BrN2O/c1-15(17-8-10-19(21)11-9-17)22-20(24)18-6-4-16(5-7-18)14-23-12-2-3-13-23/h4-11,15H,2-3,12-14H2,1H3,(H,22,24). The van der Waals surface area contributed by atoms with Gasteiger partial charge in [-0.2, -0.15) is 0 Å². The Labute approximate surface area is 152 Å². The minimum absolute atomic E-state index is 0.0186. The summed E-state index contributed by atoms with van der Waals surface area (Å²) in [4.78, 5) is 14.9. The highest BCUT2D eigenvalue weighted by Crippen LogP contribution is 2.18. The maximum absolute atomic E-state index is 12.4. The van der Waals surface area contributed by atoms with E-state index in [0.717, 1.165) is 16.6 Å². The van der Waals surface area contributed by atoms with E-state index in [1.807, 2.05) is 43.3 Å². The SMILES string of the molecule is CC(NC(=O)c1ccc(CN2CCCC2)cc1)c1ccc(Br)cc1. The van der Waals surface area contributed by atoms with Crippen LogP contribution in [-0.4, -0.2) is 23.9 Å². The first-order chi connectivity index (χ1) is 11.6. The smallest absolute Gasteiger partial charge is 0.251 e. The lowest BCUT2D eigenvalue weighted by Gasteiger charge is -2.16. The highest BCUT2D eigenvalue weighted by molar-refractivity contribution is 9.10. The molecule has 24 heavy (non-hydrogen) atoms. The van der Waals surface area contributed by atoms with Gasteiger partial charge >= 0.3 is 0 Å². The number of nitrogens with one attached hydrogen (secondary N) is 1. The van der Waals surface area contributed by atoms with Crippen molar-refractivity contribution in [2.24, 2.45) is 0 Å². The van der Waals surface area contributed by atoms with Crippen LogP contribution in [0.25, 0.3) is 0 Å². The molecule has 1 saturated heterocycles. The number of rotatable bonds is 5. The van der Waals surface area contributed by atoms with Gasteiger partial charge in [0.15, 0.2) is 0 Å². The quantitative estimate of drug-likeness (QED) is 0.817. The molecule has 1 aliphatic rings. The predicted molar refractivity (Wildman–Crippen MR) is 101 cm³/mol. The van der Waals surface area contributed by atoms with Gasteiger partial charge in [0.05, 0.1) is 6.04 Å². The summed E-state index contributed by atoms with van der Waals surface area (Å²) in [5.41, 5.74) is 3.08. The second kappa shape index (κ2) is 7.95. The third-order valence-electron chi connectivity index (χ3n) is 4.54. The zero-order chi connectivity index (χ0) is 16.9. The van der Waals surface area contributed by atoms with Crippen LogP contribution in [0.15, 0.2) is 53.0 Å². The number of carbonyl (C=O) groups excluding carboxylic acids is 1. The van der Waals surface area contributed by atoms with Crippen LogP contribution in [0.3, 0.4) is 0 Å². The molecular formula is C20H23BrN2O. The molecule has 2 aromatic rings. The first-order valence-corrected chi connectivity index (χ1v) is 9.29. The summed E-state index contributed by atoms with van der Waals surface area (Å²) in [6.45, 7) is 5.36. The highest BCUT2D eigenvalue weighted by atomic mass is 79.9. The summed E-state index contributed by atoms with van der Waals surface area (Å²) in [6.07, 6.45) is 2.60. The van der Waals surface area contributed by atoms with E-state index < -0.39 is 0 Å². The van der Waals surface area contributed by atoms with E-state index in [0.29, 0.717) is 5.56 Å². The number of hydrogen-bond acceptors (Lipinski definition) is 2. The van der Waals surface area contributed by atoms with Gasteiger partial charge in [0.2, 0.25) is 0 Å². The lowest BCUT2D eigenvalue weighted by atomic mass is 10.1. The summed E-state index contributed by atoms with van der Waals surface area (Å²) in [7, 11) is 0. The van der Waals surface area contributed by atoms with Gasteiger partial charge in [-0.25, -0.2) is 0 Å². The lowest BCUT2D eigenvalue weighted by molar-refractivity contribution is 0.0940. The van der Waals surface area contributed by atoms with Gasteiger partial charge in [-0.05, 0) is 68.2 Å². The minimum atomic E-state index is -0.0295. The first kappa shape index (κ1) is 17.2. The fraction of sp³-hybridized carbons (Fsp3) is 0.350. The molecule has 4 heteroatoms. The van der Waals surface area contributed by atoms with E-state index in [1.54, 1.807) is 0 Å². The van der Waals surface area contributed by atoms with Gasteiger partial charge in [-0.1, -0.05) is 40.2 Å². The number of likely N-dealkylation sites (tertiary alicyclic amines) is 1. The van der Waals surface area contributed by atoms with Crippen molar-refractivity contribution in [3.63, 3.8) is 0 Å². The molecule has 1 aliphatic heterocycles. The molecule has 0 aliphatic carbocycles. The number of halogens is 1.